The van der Waals surface area contributed by atoms with E-state index in [0.717, 1.165) is 13.0 Å². The van der Waals surface area contributed by atoms with Gasteiger partial charge in [0.1, 0.15) is 0 Å². The second-order valence-corrected chi connectivity index (χ2v) is 4.66. The van der Waals surface area contributed by atoms with Crippen molar-refractivity contribution in [2.24, 2.45) is 5.92 Å². The van der Waals surface area contributed by atoms with Crippen molar-refractivity contribution in [3.05, 3.63) is 12.2 Å². The molecule has 1 nitrogen and oxygen atoms in total. The van der Waals surface area contributed by atoms with Crippen LogP contribution in [-0.4, -0.2) is 12.2 Å². The van der Waals surface area contributed by atoms with Crippen LogP contribution >= 0.6 is 0 Å². The largest absolute Gasteiger partial charge is 0.375 e. The van der Waals surface area contributed by atoms with Crippen molar-refractivity contribution in [3.63, 3.8) is 0 Å². The molecule has 0 heterocycles. The summed E-state index contributed by atoms with van der Waals surface area (Å²) in [6, 6.07) is 0. The Morgan fingerprint density at radius 1 is 1.50 bits per heavy atom. The smallest absolute Gasteiger partial charge is 0.0724 e. The number of hydrogen-bond acceptors (Lipinski definition) is 1. The van der Waals surface area contributed by atoms with Gasteiger partial charge in [-0.15, -0.1) is 0 Å². The van der Waals surface area contributed by atoms with E-state index in [1.165, 1.54) is 31.3 Å². The van der Waals surface area contributed by atoms with Gasteiger partial charge in [-0.3, -0.25) is 0 Å². The lowest BCUT2D eigenvalue weighted by Gasteiger charge is -2.29. The zero-order chi connectivity index (χ0) is 10.6. The molecule has 1 aliphatic carbocycles. The number of rotatable bonds is 5. The maximum Gasteiger partial charge on any atom is 0.0724 e. The van der Waals surface area contributed by atoms with Gasteiger partial charge in [0.15, 0.2) is 0 Å². The zero-order valence-corrected chi connectivity index (χ0v) is 9.94. The molecule has 1 rings (SSSR count). The Kier molecular flexibility index (Phi) is 4.18. The van der Waals surface area contributed by atoms with Crippen LogP contribution < -0.4 is 0 Å². The minimum absolute atomic E-state index is 0.140. The standard InChI is InChI=1S/C13H24O/c1-5-7-8-13(14-6-2)9-11(3)12(4)10-13/h12H,3,5-10H2,1-2,4H3. The molecule has 1 heteroatoms. The Morgan fingerprint density at radius 2 is 2.21 bits per heavy atom. The summed E-state index contributed by atoms with van der Waals surface area (Å²) in [6.07, 6.45) is 6.01. The molecule has 1 saturated carbocycles. The van der Waals surface area contributed by atoms with Gasteiger partial charge < -0.3 is 4.74 Å². The Morgan fingerprint density at radius 3 is 2.64 bits per heavy atom. The van der Waals surface area contributed by atoms with Crippen LogP contribution in [0, 0.1) is 5.92 Å². The molecule has 1 fully saturated rings. The Labute approximate surface area is 88.5 Å². The normalized spacial score (nSPS) is 32.5. The van der Waals surface area contributed by atoms with Gasteiger partial charge in [-0.05, 0) is 32.1 Å². The summed E-state index contributed by atoms with van der Waals surface area (Å²) in [5.41, 5.74) is 1.52. The molecule has 14 heavy (non-hydrogen) atoms. The van der Waals surface area contributed by atoms with Crippen LogP contribution in [0.4, 0.5) is 0 Å². The van der Waals surface area contributed by atoms with Gasteiger partial charge in [0.05, 0.1) is 5.60 Å². The molecule has 0 amide bonds. The van der Waals surface area contributed by atoms with E-state index in [1.54, 1.807) is 0 Å². The molecule has 0 aromatic rings. The van der Waals surface area contributed by atoms with E-state index in [4.69, 9.17) is 4.74 Å². The SMILES string of the molecule is C=C1CC(CCCC)(OCC)CC1C. The molecule has 0 radical (unpaired) electrons. The Bertz CT molecular complexity index is 197. The van der Waals surface area contributed by atoms with Crippen molar-refractivity contribution in [3.8, 4) is 0 Å². The summed E-state index contributed by atoms with van der Waals surface area (Å²) in [5, 5.41) is 0. The molecule has 2 unspecified atom stereocenters. The third-order valence-corrected chi connectivity index (χ3v) is 3.36. The Balaban J connectivity index is 2.59. The highest BCUT2D eigenvalue weighted by Gasteiger charge is 2.39. The van der Waals surface area contributed by atoms with Gasteiger partial charge in [-0.1, -0.05) is 38.8 Å². The predicted molar refractivity (Wildman–Crippen MR) is 61.4 cm³/mol. The predicted octanol–water partition coefficient (Wildman–Crippen LogP) is 3.94. The number of hydrogen-bond donors (Lipinski definition) is 0. The molecule has 2 atom stereocenters. The fourth-order valence-corrected chi connectivity index (χ4v) is 2.54. The maximum absolute atomic E-state index is 5.97. The monoisotopic (exact) mass is 196 g/mol. The first-order chi connectivity index (χ1) is 6.63. The zero-order valence-electron chi connectivity index (χ0n) is 9.94. The van der Waals surface area contributed by atoms with Crippen molar-refractivity contribution in [2.75, 3.05) is 6.61 Å². The van der Waals surface area contributed by atoms with E-state index in [1.807, 2.05) is 0 Å². The lowest BCUT2D eigenvalue weighted by Crippen LogP contribution is -2.29. The van der Waals surface area contributed by atoms with E-state index in [-0.39, 0.29) is 5.60 Å². The lowest BCUT2D eigenvalue weighted by molar-refractivity contribution is -0.0423. The third kappa shape index (κ3) is 2.60. The highest BCUT2D eigenvalue weighted by Crippen LogP contribution is 2.43. The minimum atomic E-state index is 0.140. The van der Waals surface area contributed by atoms with Crippen LogP contribution in [0.15, 0.2) is 12.2 Å². The van der Waals surface area contributed by atoms with Gasteiger partial charge in [0, 0.05) is 6.61 Å². The van der Waals surface area contributed by atoms with Gasteiger partial charge >= 0.3 is 0 Å². The molecule has 82 valence electrons. The molecule has 1 aliphatic rings. The van der Waals surface area contributed by atoms with Gasteiger partial charge in [-0.25, -0.2) is 0 Å². The molecule has 0 N–H and O–H groups in total. The third-order valence-electron chi connectivity index (χ3n) is 3.36. The van der Waals surface area contributed by atoms with Crippen molar-refractivity contribution >= 4 is 0 Å². The summed E-state index contributed by atoms with van der Waals surface area (Å²) >= 11 is 0. The topological polar surface area (TPSA) is 9.23 Å². The summed E-state index contributed by atoms with van der Waals surface area (Å²) in [7, 11) is 0. The van der Waals surface area contributed by atoms with Crippen LogP contribution in [0.2, 0.25) is 0 Å². The highest BCUT2D eigenvalue weighted by molar-refractivity contribution is 5.13. The minimum Gasteiger partial charge on any atom is -0.375 e. The second kappa shape index (κ2) is 4.97. The fraction of sp³-hybridized carbons (Fsp3) is 0.846. The van der Waals surface area contributed by atoms with Crippen LogP contribution in [0.1, 0.15) is 52.9 Å². The summed E-state index contributed by atoms with van der Waals surface area (Å²) in [4.78, 5) is 0. The average Bonchev–Trinajstić information content (AvgIpc) is 2.41. The number of unbranched alkanes of at least 4 members (excludes halogenated alkanes) is 1. The summed E-state index contributed by atoms with van der Waals surface area (Å²) < 4.78 is 5.97. The summed E-state index contributed by atoms with van der Waals surface area (Å²) in [6.45, 7) is 11.6. The van der Waals surface area contributed by atoms with E-state index >= 15 is 0 Å². The van der Waals surface area contributed by atoms with Crippen LogP contribution in [0.25, 0.3) is 0 Å². The maximum atomic E-state index is 5.97. The number of ether oxygens (including phenoxy) is 1. The second-order valence-electron chi connectivity index (χ2n) is 4.66. The van der Waals surface area contributed by atoms with Crippen LogP contribution in [-0.2, 0) is 4.74 Å². The van der Waals surface area contributed by atoms with Crippen molar-refractivity contribution < 1.29 is 4.74 Å². The van der Waals surface area contributed by atoms with Crippen LogP contribution in [0.3, 0.4) is 0 Å². The van der Waals surface area contributed by atoms with E-state index in [9.17, 15) is 0 Å². The quantitative estimate of drug-likeness (QED) is 0.605. The average molecular weight is 196 g/mol. The molecule has 0 saturated heterocycles. The van der Waals surface area contributed by atoms with Gasteiger partial charge in [0.2, 0.25) is 0 Å². The Hall–Kier alpha value is -0.300. The lowest BCUT2D eigenvalue weighted by atomic mass is 9.93. The summed E-state index contributed by atoms with van der Waals surface area (Å²) in [5.74, 6) is 0.651. The van der Waals surface area contributed by atoms with Crippen molar-refractivity contribution in [2.45, 2.75) is 58.5 Å². The fourth-order valence-electron chi connectivity index (χ4n) is 2.54. The van der Waals surface area contributed by atoms with Crippen molar-refractivity contribution in [1.82, 2.24) is 0 Å². The van der Waals surface area contributed by atoms with E-state index in [2.05, 4.69) is 27.4 Å². The van der Waals surface area contributed by atoms with E-state index < -0.39 is 0 Å². The van der Waals surface area contributed by atoms with Gasteiger partial charge in [0.25, 0.3) is 0 Å². The van der Waals surface area contributed by atoms with Crippen molar-refractivity contribution in [1.29, 1.82) is 0 Å². The van der Waals surface area contributed by atoms with Crippen LogP contribution in [0.5, 0.6) is 0 Å². The van der Waals surface area contributed by atoms with E-state index in [0.29, 0.717) is 5.92 Å². The van der Waals surface area contributed by atoms with Gasteiger partial charge in [-0.2, -0.15) is 0 Å². The molecular weight excluding hydrogens is 172 g/mol. The molecule has 0 bridgehead atoms. The molecule has 0 spiro atoms. The molecular formula is C13H24O. The molecule has 0 aromatic heterocycles. The first-order valence-corrected chi connectivity index (χ1v) is 5.95. The molecule has 0 aliphatic heterocycles. The first kappa shape index (κ1) is 11.8. The molecule has 0 aromatic carbocycles. The highest BCUT2D eigenvalue weighted by atomic mass is 16.5. The first-order valence-electron chi connectivity index (χ1n) is 5.95.